The van der Waals surface area contributed by atoms with Gasteiger partial charge in [-0.3, -0.25) is 0 Å². The quantitative estimate of drug-likeness (QED) is 0.809. The fourth-order valence-electron chi connectivity index (χ4n) is 2.55. The van der Waals surface area contributed by atoms with E-state index in [2.05, 4.69) is 0 Å². The summed E-state index contributed by atoms with van der Waals surface area (Å²) in [7, 11) is 1.63. The van der Waals surface area contributed by atoms with Crippen molar-refractivity contribution in [3.05, 3.63) is 23.8 Å². The number of hydrogen-bond acceptors (Lipinski definition) is 4. The Balaban J connectivity index is 1.57. The van der Waals surface area contributed by atoms with E-state index >= 15 is 0 Å². The number of ether oxygens (including phenoxy) is 3. The largest absolute Gasteiger partial charge is 0.493 e. The number of likely N-dealkylation sites (tertiary alicyclic amines) is 1. The SMILES string of the molecule is COc1ccc(COC(=O)N2CCCC2)cc1OCC1CC1. The van der Waals surface area contributed by atoms with Crippen LogP contribution in [0.25, 0.3) is 0 Å². The topological polar surface area (TPSA) is 48.0 Å². The highest BCUT2D eigenvalue weighted by Crippen LogP contribution is 2.33. The number of carbonyl (C=O) groups excluding carboxylic acids is 1. The molecule has 0 aromatic heterocycles. The minimum atomic E-state index is -0.228. The molecule has 0 radical (unpaired) electrons. The Morgan fingerprint density at radius 1 is 1.23 bits per heavy atom. The predicted molar refractivity (Wildman–Crippen MR) is 82.2 cm³/mol. The fraction of sp³-hybridized carbons (Fsp3) is 0.588. The number of nitrogens with zero attached hydrogens (tertiary/aromatic N) is 1. The Morgan fingerprint density at radius 2 is 2.00 bits per heavy atom. The van der Waals surface area contributed by atoms with Crippen molar-refractivity contribution in [3.8, 4) is 11.5 Å². The molecule has 2 aliphatic rings. The highest BCUT2D eigenvalue weighted by atomic mass is 16.6. The van der Waals surface area contributed by atoms with Gasteiger partial charge in [-0.25, -0.2) is 4.79 Å². The molecule has 0 atom stereocenters. The molecule has 1 aliphatic heterocycles. The normalized spacial score (nSPS) is 17.4. The van der Waals surface area contributed by atoms with E-state index in [0.29, 0.717) is 5.92 Å². The van der Waals surface area contributed by atoms with Crippen LogP contribution in [0.4, 0.5) is 4.79 Å². The maximum atomic E-state index is 11.9. The monoisotopic (exact) mass is 305 g/mol. The molecule has 22 heavy (non-hydrogen) atoms. The van der Waals surface area contributed by atoms with Crippen LogP contribution in [0.2, 0.25) is 0 Å². The molecule has 0 unspecified atom stereocenters. The molecule has 0 bridgehead atoms. The standard InChI is InChI=1S/C17H23NO4/c1-20-15-7-6-14(10-16(15)21-11-13-4-5-13)12-22-17(19)18-8-2-3-9-18/h6-7,10,13H,2-5,8-9,11-12H2,1H3. The highest BCUT2D eigenvalue weighted by Gasteiger charge is 2.23. The summed E-state index contributed by atoms with van der Waals surface area (Å²) in [5.74, 6) is 2.13. The first kappa shape index (κ1) is 15.0. The molecule has 3 rings (SSSR count). The number of benzene rings is 1. The van der Waals surface area contributed by atoms with Gasteiger partial charge in [-0.15, -0.1) is 0 Å². The van der Waals surface area contributed by atoms with Crippen molar-refractivity contribution < 1.29 is 19.0 Å². The van der Waals surface area contributed by atoms with Crippen LogP contribution in [0.15, 0.2) is 18.2 Å². The minimum absolute atomic E-state index is 0.228. The molecule has 0 spiro atoms. The molecule has 2 fully saturated rings. The Kier molecular flexibility index (Phi) is 4.71. The van der Waals surface area contributed by atoms with E-state index in [0.717, 1.165) is 49.6 Å². The van der Waals surface area contributed by atoms with Crippen LogP contribution in [0.1, 0.15) is 31.2 Å². The number of rotatable bonds is 6. The van der Waals surface area contributed by atoms with Gasteiger partial charge in [0.2, 0.25) is 0 Å². The van der Waals surface area contributed by atoms with Gasteiger partial charge in [0.15, 0.2) is 11.5 Å². The van der Waals surface area contributed by atoms with Gasteiger partial charge in [0, 0.05) is 13.1 Å². The third kappa shape index (κ3) is 3.84. The van der Waals surface area contributed by atoms with Gasteiger partial charge in [0.25, 0.3) is 0 Å². The average molecular weight is 305 g/mol. The van der Waals surface area contributed by atoms with Crippen LogP contribution in [0, 0.1) is 5.92 Å². The van der Waals surface area contributed by atoms with Gasteiger partial charge in [-0.1, -0.05) is 6.07 Å². The molecular formula is C17H23NO4. The Hall–Kier alpha value is -1.91. The van der Waals surface area contributed by atoms with E-state index < -0.39 is 0 Å². The van der Waals surface area contributed by atoms with E-state index in [4.69, 9.17) is 14.2 Å². The van der Waals surface area contributed by atoms with Gasteiger partial charge >= 0.3 is 6.09 Å². The lowest BCUT2D eigenvalue weighted by Gasteiger charge is -2.16. The van der Waals surface area contributed by atoms with Crippen LogP contribution in [-0.2, 0) is 11.3 Å². The molecule has 1 aromatic carbocycles. The van der Waals surface area contributed by atoms with E-state index in [-0.39, 0.29) is 12.7 Å². The van der Waals surface area contributed by atoms with Crippen molar-refractivity contribution in [2.24, 2.45) is 5.92 Å². The van der Waals surface area contributed by atoms with Crippen LogP contribution in [0.5, 0.6) is 11.5 Å². The molecule has 1 aliphatic carbocycles. The number of hydrogen-bond donors (Lipinski definition) is 0. The molecule has 1 heterocycles. The number of carbonyl (C=O) groups is 1. The second-order valence-corrected chi connectivity index (χ2v) is 5.99. The zero-order chi connectivity index (χ0) is 15.4. The van der Waals surface area contributed by atoms with E-state index in [9.17, 15) is 4.79 Å². The van der Waals surface area contributed by atoms with Crippen molar-refractivity contribution in [1.82, 2.24) is 4.90 Å². The van der Waals surface area contributed by atoms with E-state index in [1.54, 1.807) is 12.0 Å². The summed E-state index contributed by atoms with van der Waals surface area (Å²) in [6.07, 6.45) is 4.40. The highest BCUT2D eigenvalue weighted by molar-refractivity contribution is 5.67. The summed E-state index contributed by atoms with van der Waals surface area (Å²) in [6.45, 7) is 2.60. The van der Waals surface area contributed by atoms with Crippen molar-refractivity contribution in [3.63, 3.8) is 0 Å². The molecular weight excluding hydrogens is 282 g/mol. The lowest BCUT2D eigenvalue weighted by Crippen LogP contribution is -2.28. The molecule has 5 heteroatoms. The Morgan fingerprint density at radius 3 is 2.68 bits per heavy atom. The van der Waals surface area contributed by atoms with E-state index in [1.165, 1.54) is 12.8 Å². The zero-order valence-electron chi connectivity index (χ0n) is 13.0. The molecule has 1 amide bonds. The van der Waals surface area contributed by atoms with Crippen molar-refractivity contribution in [1.29, 1.82) is 0 Å². The lowest BCUT2D eigenvalue weighted by atomic mass is 10.2. The van der Waals surface area contributed by atoms with Crippen LogP contribution >= 0.6 is 0 Å². The van der Waals surface area contributed by atoms with Gasteiger partial charge in [0.05, 0.1) is 13.7 Å². The molecule has 1 saturated heterocycles. The predicted octanol–water partition coefficient (Wildman–Crippen LogP) is 3.22. The molecule has 0 N–H and O–H groups in total. The van der Waals surface area contributed by atoms with Crippen LogP contribution < -0.4 is 9.47 Å². The smallest absolute Gasteiger partial charge is 0.410 e. The Bertz CT molecular complexity index is 521. The van der Waals surface area contributed by atoms with Crippen molar-refractivity contribution in [2.45, 2.75) is 32.3 Å². The summed E-state index contributed by atoms with van der Waals surface area (Å²) < 4.78 is 16.5. The molecule has 1 saturated carbocycles. The van der Waals surface area contributed by atoms with Gasteiger partial charge in [0.1, 0.15) is 6.61 Å². The summed E-state index contributed by atoms with van der Waals surface area (Å²) in [4.78, 5) is 13.7. The number of amides is 1. The summed E-state index contributed by atoms with van der Waals surface area (Å²) >= 11 is 0. The van der Waals surface area contributed by atoms with Crippen molar-refractivity contribution >= 4 is 6.09 Å². The first-order valence-corrected chi connectivity index (χ1v) is 7.97. The third-order valence-electron chi connectivity index (χ3n) is 4.13. The molecule has 5 nitrogen and oxygen atoms in total. The van der Waals surface area contributed by atoms with Crippen molar-refractivity contribution in [2.75, 3.05) is 26.8 Å². The molecule has 120 valence electrons. The first-order valence-electron chi connectivity index (χ1n) is 7.97. The fourth-order valence-corrected chi connectivity index (χ4v) is 2.55. The maximum Gasteiger partial charge on any atom is 0.410 e. The zero-order valence-corrected chi connectivity index (χ0v) is 13.0. The Labute approximate surface area is 131 Å². The first-order chi connectivity index (χ1) is 10.8. The van der Waals surface area contributed by atoms with Crippen LogP contribution in [-0.4, -0.2) is 37.8 Å². The maximum absolute atomic E-state index is 11.9. The lowest BCUT2D eigenvalue weighted by molar-refractivity contribution is 0.104. The second-order valence-electron chi connectivity index (χ2n) is 5.99. The van der Waals surface area contributed by atoms with Crippen LogP contribution in [0.3, 0.4) is 0 Å². The molecule has 1 aromatic rings. The van der Waals surface area contributed by atoms with E-state index in [1.807, 2.05) is 18.2 Å². The second kappa shape index (κ2) is 6.90. The van der Waals surface area contributed by atoms with Gasteiger partial charge < -0.3 is 19.1 Å². The third-order valence-corrected chi connectivity index (χ3v) is 4.13. The van der Waals surface area contributed by atoms with Gasteiger partial charge in [-0.05, 0) is 49.3 Å². The number of methoxy groups -OCH3 is 1. The summed E-state index contributed by atoms with van der Waals surface area (Å²) in [6, 6.07) is 5.67. The minimum Gasteiger partial charge on any atom is -0.493 e. The summed E-state index contributed by atoms with van der Waals surface area (Å²) in [5, 5.41) is 0. The average Bonchev–Trinajstić information content (AvgIpc) is 3.21. The summed E-state index contributed by atoms with van der Waals surface area (Å²) in [5.41, 5.74) is 0.916. The van der Waals surface area contributed by atoms with Gasteiger partial charge in [-0.2, -0.15) is 0 Å².